The number of phenolic OH excluding ortho intramolecular Hbond substituents is 1. The molecule has 0 amide bonds. The first kappa shape index (κ1) is 14.8. The Bertz CT molecular complexity index is 969. The van der Waals surface area contributed by atoms with Crippen LogP contribution in [0.1, 0.15) is 10.4 Å². The highest BCUT2D eigenvalue weighted by Gasteiger charge is 2.19. The van der Waals surface area contributed by atoms with Crippen LogP contribution in [0.2, 0.25) is 5.02 Å². The summed E-state index contributed by atoms with van der Waals surface area (Å²) in [6.45, 7) is 0. The zero-order valence-electron chi connectivity index (χ0n) is 11.2. The monoisotopic (exact) mass is 337 g/mol. The number of carbonyl (C=O) groups excluding carboxylic acids is 1. The molecule has 9 heteroatoms. The van der Waals surface area contributed by atoms with E-state index in [1.165, 1.54) is 6.07 Å². The maximum atomic E-state index is 12.0. The van der Waals surface area contributed by atoms with Gasteiger partial charge in [-0.15, -0.1) is 4.73 Å². The van der Waals surface area contributed by atoms with Gasteiger partial charge in [-0.3, -0.25) is 0 Å². The summed E-state index contributed by atoms with van der Waals surface area (Å²) in [7, 11) is 0. The minimum atomic E-state index is -1.16. The number of hydrogen-bond acceptors (Lipinski definition) is 7. The van der Waals surface area contributed by atoms with E-state index in [-0.39, 0.29) is 21.7 Å². The van der Waals surface area contributed by atoms with E-state index in [1.807, 2.05) is 0 Å². The Morgan fingerprint density at radius 1 is 1.13 bits per heavy atom. The second-order valence-electron chi connectivity index (χ2n) is 4.51. The van der Waals surface area contributed by atoms with E-state index in [1.54, 1.807) is 0 Å². The number of rotatable bonds is 2. The fourth-order valence-corrected chi connectivity index (χ4v) is 2.07. The molecule has 118 valence electrons. The van der Waals surface area contributed by atoms with Crippen molar-refractivity contribution in [3.05, 3.63) is 51.3 Å². The van der Waals surface area contributed by atoms with Crippen LogP contribution in [0.4, 0.5) is 0 Å². The van der Waals surface area contributed by atoms with Crippen molar-refractivity contribution < 1.29 is 29.4 Å². The van der Waals surface area contributed by atoms with Crippen molar-refractivity contribution in [1.82, 2.24) is 4.73 Å². The Labute approximate surface area is 132 Å². The van der Waals surface area contributed by atoms with Gasteiger partial charge in [0.2, 0.25) is 11.8 Å². The molecule has 0 radical (unpaired) electrons. The molecule has 0 aliphatic carbocycles. The Morgan fingerprint density at radius 2 is 1.78 bits per heavy atom. The minimum Gasteiger partial charge on any atom is -0.506 e. The molecule has 2 aromatic heterocycles. The van der Waals surface area contributed by atoms with Gasteiger partial charge in [0, 0.05) is 23.6 Å². The van der Waals surface area contributed by atoms with E-state index >= 15 is 0 Å². The normalized spacial score (nSPS) is 10.8. The molecule has 0 saturated heterocycles. The Morgan fingerprint density at radius 3 is 2.43 bits per heavy atom. The molecule has 0 aliphatic heterocycles. The predicted molar refractivity (Wildman–Crippen MR) is 77.8 cm³/mol. The minimum absolute atomic E-state index is 0.00589. The van der Waals surface area contributed by atoms with Gasteiger partial charge >= 0.3 is 11.6 Å². The maximum absolute atomic E-state index is 12.0. The average molecular weight is 338 g/mol. The lowest BCUT2D eigenvalue weighted by Gasteiger charge is -2.07. The van der Waals surface area contributed by atoms with E-state index in [4.69, 9.17) is 20.9 Å². The molecule has 3 N–H and O–H groups in total. The van der Waals surface area contributed by atoms with Gasteiger partial charge in [0.05, 0.1) is 5.02 Å². The molecular weight excluding hydrogens is 330 g/mol. The number of hydrogen-bond donors (Lipinski definition) is 3. The van der Waals surface area contributed by atoms with Gasteiger partial charge in [0.1, 0.15) is 16.9 Å². The standard InChI is InChI=1S/C14H8ClNO7/c15-8-4-6-3-7(13(20)22-10(6)5-9(8)17)14(21)23-16-11(18)1-2-12(16)19/h1-5,17-19H. The molecule has 23 heavy (non-hydrogen) atoms. The molecule has 0 fully saturated rings. The highest BCUT2D eigenvalue weighted by Crippen LogP contribution is 2.28. The zero-order valence-corrected chi connectivity index (χ0v) is 11.9. The van der Waals surface area contributed by atoms with Crippen molar-refractivity contribution in [1.29, 1.82) is 0 Å². The van der Waals surface area contributed by atoms with Crippen LogP contribution in [-0.2, 0) is 0 Å². The average Bonchev–Trinajstić information content (AvgIpc) is 2.80. The first-order chi connectivity index (χ1) is 10.9. The highest BCUT2D eigenvalue weighted by atomic mass is 35.5. The third kappa shape index (κ3) is 2.55. The van der Waals surface area contributed by atoms with Crippen LogP contribution >= 0.6 is 11.6 Å². The molecule has 2 heterocycles. The summed E-state index contributed by atoms with van der Waals surface area (Å²) in [5.41, 5.74) is -1.47. The summed E-state index contributed by atoms with van der Waals surface area (Å²) < 4.78 is 5.36. The van der Waals surface area contributed by atoms with Gasteiger partial charge in [0.25, 0.3) is 0 Å². The SMILES string of the molecule is O=C(On1c(O)ccc1O)c1cc2cc(Cl)c(O)cc2oc1=O. The third-order valence-electron chi connectivity index (χ3n) is 2.99. The summed E-state index contributed by atoms with van der Waals surface area (Å²) in [6.07, 6.45) is 0. The Balaban J connectivity index is 2.05. The first-order valence-electron chi connectivity index (χ1n) is 6.15. The van der Waals surface area contributed by atoms with Crippen LogP contribution in [0.25, 0.3) is 11.0 Å². The molecule has 0 atom stereocenters. The summed E-state index contributed by atoms with van der Waals surface area (Å²) in [4.78, 5) is 28.6. The van der Waals surface area contributed by atoms with Gasteiger partial charge in [-0.05, 0) is 12.1 Å². The van der Waals surface area contributed by atoms with E-state index in [9.17, 15) is 24.9 Å². The molecular formula is C14H8ClNO7. The van der Waals surface area contributed by atoms with Crippen molar-refractivity contribution in [2.45, 2.75) is 0 Å². The zero-order chi connectivity index (χ0) is 16.7. The van der Waals surface area contributed by atoms with Crippen molar-refractivity contribution >= 4 is 28.5 Å². The number of benzene rings is 1. The summed E-state index contributed by atoms with van der Waals surface area (Å²) in [6, 6.07) is 5.78. The highest BCUT2D eigenvalue weighted by molar-refractivity contribution is 6.32. The number of aromatic hydroxyl groups is 3. The Kier molecular flexibility index (Phi) is 3.38. The van der Waals surface area contributed by atoms with Crippen molar-refractivity contribution in [3.63, 3.8) is 0 Å². The van der Waals surface area contributed by atoms with Crippen molar-refractivity contribution in [2.24, 2.45) is 0 Å². The molecule has 0 spiro atoms. The van der Waals surface area contributed by atoms with Crippen LogP contribution in [0.5, 0.6) is 17.5 Å². The van der Waals surface area contributed by atoms with Crippen LogP contribution in [0.3, 0.4) is 0 Å². The smallest absolute Gasteiger partial charge is 0.371 e. The quantitative estimate of drug-likeness (QED) is 0.607. The fourth-order valence-electron chi connectivity index (χ4n) is 1.90. The van der Waals surface area contributed by atoms with Gasteiger partial charge < -0.3 is 24.6 Å². The number of fused-ring (bicyclic) bond motifs is 1. The topological polar surface area (TPSA) is 122 Å². The van der Waals surface area contributed by atoms with Crippen LogP contribution in [0.15, 0.2) is 39.5 Å². The number of carbonyl (C=O) groups is 1. The summed E-state index contributed by atoms with van der Waals surface area (Å²) in [5.74, 6) is -2.51. The summed E-state index contributed by atoms with van der Waals surface area (Å²) in [5, 5.41) is 28.6. The molecule has 0 aliphatic rings. The Hall–Kier alpha value is -3.13. The van der Waals surface area contributed by atoms with Gasteiger partial charge in [-0.25, -0.2) is 9.59 Å². The van der Waals surface area contributed by atoms with Crippen LogP contribution < -0.4 is 10.5 Å². The van der Waals surface area contributed by atoms with Crippen molar-refractivity contribution in [2.75, 3.05) is 0 Å². The summed E-state index contributed by atoms with van der Waals surface area (Å²) >= 11 is 5.76. The molecule has 0 saturated carbocycles. The number of halogens is 1. The number of nitrogens with zero attached hydrogens (tertiary/aromatic N) is 1. The van der Waals surface area contributed by atoms with Crippen LogP contribution in [-0.4, -0.2) is 26.0 Å². The predicted octanol–water partition coefficient (Wildman–Crippen LogP) is 1.63. The van der Waals surface area contributed by atoms with E-state index < -0.39 is 28.9 Å². The second kappa shape index (κ2) is 5.25. The third-order valence-corrected chi connectivity index (χ3v) is 3.30. The van der Waals surface area contributed by atoms with E-state index in [0.29, 0.717) is 4.73 Å². The lowest BCUT2D eigenvalue weighted by atomic mass is 10.2. The van der Waals surface area contributed by atoms with Gasteiger partial charge in [-0.2, -0.15) is 0 Å². The molecule has 0 bridgehead atoms. The maximum Gasteiger partial charge on any atom is 0.371 e. The first-order valence-corrected chi connectivity index (χ1v) is 6.53. The number of aromatic nitrogens is 1. The largest absolute Gasteiger partial charge is 0.506 e. The lowest BCUT2D eigenvalue weighted by Crippen LogP contribution is -2.24. The molecule has 8 nitrogen and oxygen atoms in total. The lowest BCUT2D eigenvalue weighted by molar-refractivity contribution is 0.0377. The van der Waals surface area contributed by atoms with E-state index in [2.05, 4.69) is 0 Å². The molecule has 0 unspecified atom stereocenters. The van der Waals surface area contributed by atoms with Gasteiger partial charge in [0.15, 0.2) is 0 Å². The second-order valence-corrected chi connectivity index (χ2v) is 4.92. The molecule has 3 rings (SSSR count). The molecule has 3 aromatic rings. The van der Waals surface area contributed by atoms with Crippen LogP contribution in [0, 0.1) is 0 Å². The molecule has 1 aromatic carbocycles. The van der Waals surface area contributed by atoms with Crippen molar-refractivity contribution in [3.8, 4) is 17.5 Å². The number of phenols is 1. The van der Waals surface area contributed by atoms with Gasteiger partial charge in [-0.1, -0.05) is 11.6 Å². The fraction of sp³-hybridized carbons (Fsp3) is 0. The van der Waals surface area contributed by atoms with E-state index in [0.717, 1.165) is 24.3 Å².